The largest absolute Gasteiger partial charge is 0.399 e. The van der Waals surface area contributed by atoms with Gasteiger partial charge in [0.15, 0.2) is 0 Å². The third-order valence-corrected chi connectivity index (χ3v) is 4.13. The first-order valence-corrected chi connectivity index (χ1v) is 7.04. The molecule has 0 aliphatic heterocycles. The normalized spacial score (nSPS) is 12.4. The smallest absolute Gasteiger partial charge is 0.141 e. The van der Waals surface area contributed by atoms with Crippen molar-refractivity contribution in [3.8, 4) is 0 Å². The molecule has 2 aromatic carbocycles. The van der Waals surface area contributed by atoms with Crippen molar-refractivity contribution in [2.75, 3.05) is 5.73 Å². The summed E-state index contributed by atoms with van der Waals surface area (Å²) < 4.78 is 39.2. The Hall–Kier alpha value is -1.46. The molecule has 6 heteroatoms. The number of nitrogens with two attached hydrogens (primary N) is 1. The highest BCUT2D eigenvalue weighted by Gasteiger charge is 2.13. The van der Waals surface area contributed by atoms with Crippen LogP contribution in [0.3, 0.4) is 0 Å². The minimum atomic E-state index is -1.68. The summed E-state index contributed by atoms with van der Waals surface area (Å²) in [4.78, 5) is 0.00329. The van der Waals surface area contributed by atoms with E-state index in [4.69, 9.17) is 17.3 Å². The molecule has 0 spiro atoms. The predicted octanol–water partition coefficient (Wildman–Crippen LogP) is 3.51. The third-order valence-electron chi connectivity index (χ3n) is 2.50. The first kappa shape index (κ1) is 14.0. The summed E-state index contributed by atoms with van der Waals surface area (Å²) in [6.45, 7) is 0. The van der Waals surface area contributed by atoms with Crippen molar-refractivity contribution in [3.63, 3.8) is 0 Å². The zero-order chi connectivity index (χ0) is 14.0. The summed E-state index contributed by atoms with van der Waals surface area (Å²) in [7, 11) is -1.68. The van der Waals surface area contributed by atoms with E-state index in [1.165, 1.54) is 24.3 Å². The Labute approximate surface area is 116 Å². The van der Waals surface area contributed by atoms with Gasteiger partial charge in [-0.05, 0) is 30.3 Å². The van der Waals surface area contributed by atoms with Crippen LogP contribution in [0.2, 0.25) is 5.02 Å². The number of halogens is 3. The Morgan fingerprint density at radius 3 is 2.47 bits per heavy atom. The number of anilines is 1. The van der Waals surface area contributed by atoms with Gasteiger partial charge in [-0.25, -0.2) is 8.78 Å². The fraction of sp³-hybridized carbons (Fsp3) is 0.0769. The SMILES string of the molecule is Nc1ccc(S(=O)Cc2ccc(Cl)cc2F)c(F)c1. The lowest BCUT2D eigenvalue weighted by atomic mass is 10.2. The van der Waals surface area contributed by atoms with E-state index < -0.39 is 22.4 Å². The van der Waals surface area contributed by atoms with Gasteiger partial charge in [0.2, 0.25) is 0 Å². The number of benzene rings is 2. The summed E-state index contributed by atoms with van der Waals surface area (Å²) in [5.74, 6) is -1.34. The lowest BCUT2D eigenvalue weighted by Crippen LogP contribution is -2.02. The zero-order valence-corrected chi connectivity index (χ0v) is 11.3. The van der Waals surface area contributed by atoms with Crippen LogP contribution in [0.1, 0.15) is 5.56 Å². The summed E-state index contributed by atoms with van der Waals surface area (Å²) in [5.41, 5.74) is 5.87. The molecule has 19 heavy (non-hydrogen) atoms. The van der Waals surface area contributed by atoms with E-state index in [0.29, 0.717) is 0 Å². The number of hydrogen-bond acceptors (Lipinski definition) is 2. The van der Waals surface area contributed by atoms with Crippen molar-refractivity contribution in [1.82, 2.24) is 0 Å². The van der Waals surface area contributed by atoms with E-state index >= 15 is 0 Å². The molecule has 1 unspecified atom stereocenters. The maximum Gasteiger partial charge on any atom is 0.141 e. The number of nitrogen functional groups attached to an aromatic ring is 1. The third kappa shape index (κ3) is 3.30. The molecule has 0 amide bonds. The monoisotopic (exact) mass is 301 g/mol. The average Bonchev–Trinajstić information content (AvgIpc) is 2.32. The van der Waals surface area contributed by atoms with Gasteiger partial charge in [-0.2, -0.15) is 0 Å². The van der Waals surface area contributed by atoms with Crippen molar-refractivity contribution in [3.05, 3.63) is 58.6 Å². The van der Waals surface area contributed by atoms with Crippen LogP contribution in [0.25, 0.3) is 0 Å². The summed E-state index contributed by atoms with van der Waals surface area (Å²) in [5, 5.41) is 0.255. The highest BCUT2D eigenvalue weighted by Crippen LogP contribution is 2.21. The van der Waals surface area contributed by atoms with Crippen LogP contribution in [-0.2, 0) is 16.6 Å². The van der Waals surface area contributed by atoms with Crippen molar-refractivity contribution in [2.24, 2.45) is 0 Å². The second-order valence-electron chi connectivity index (χ2n) is 3.92. The molecule has 2 nitrogen and oxygen atoms in total. The quantitative estimate of drug-likeness (QED) is 0.882. The summed E-state index contributed by atoms with van der Waals surface area (Å²) in [6, 6.07) is 7.95. The van der Waals surface area contributed by atoms with Crippen molar-refractivity contribution in [1.29, 1.82) is 0 Å². The molecular formula is C13H10ClF2NOS. The Morgan fingerprint density at radius 1 is 1.11 bits per heavy atom. The molecule has 0 saturated heterocycles. The number of hydrogen-bond donors (Lipinski definition) is 1. The predicted molar refractivity (Wildman–Crippen MR) is 72.3 cm³/mol. The molecule has 2 aromatic rings. The van der Waals surface area contributed by atoms with E-state index in [0.717, 1.165) is 12.1 Å². The second-order valence-corrected chi connectivity index (χ2v) is 5.77. The lowest BCUT2D eigenvalue weighted by molar-refractivity contribution is 0.594. The molecule has 2 rings (SSSR count). The van der Waals surface area contributed by atoms with E-state index in [2.05, 4.69) is 0 Å². The molecule has 0 bridgehead atoms. The van der Waals surface area contributed by atoms with Gasteiger partial charge in [-0.15, -0.1) is 0 Å². The molecule has 100 valence electrons. The van der Waals surface area contributed by atoms with Crippen LogP contribution in [0, 0.1) is 11.6 Å². The number of rotatable bonds is 3. The Morgan fingerprint density at radius 2 is 1.84 bits per heavy atom. The summed E-state index contributed by atoms with van der Waals surface area (Å²) in [6.07, 6.45) is 0. The fourth-order valence-electron chi connectivity index (χ4n) is 1.56. The molecule has 0 heterocycles. The molecule has 0 aliphatic rings. The molecule has 1 atom stereocenters. The second kappa shape index (κ2) is 5.67. The van der Waals surface area contributed by atoms with Gasteiger partial charge < -0.3 is 5.73 Å². The lowest BCUT2D eigenvalue weighted by Gasteiger charge is -2.06. The van der Waals surface area contributed by atoms with E-state index in [9.17, 15) is 13.0 Å². The Kier molecular flexibility index (Phi) is 4.17. The van der Waals surface area contributed by atoms with Crippen molar-refractivity contribution < 1.29 is 13.0 Å². The van der Waals surface area contributed by atoms with Gasteiger partial charge in [-0.1, -0.05) is 17.7 Å². The molecule has 0 radical (unpaired) electrons. The van der Waals surface area contributed by atoms with Gasteiger partial charge >= 0.3 is 0 Å². The van der Waals surface area contributed by atoms with Gasteiger partial charge in [-0.3, -0.25) is 4.21 Å². The fourth-order valence-corrected chi connectivity index (χ4v) is 2.89. The Bertz CT molecular complexity index is 649. The van der Waals surface area contributed by atoms with Crippen molar-refractivity contribution in [2.45, 2.75) is 10.6 Å². The summed E-state index contributed by atoms with van der Waals surface area (Å²) >= 11 is 5.62. The zero-order valence-electron chi connectivity index (χ0n) is 9.70. The molecular weight excluding hydrogens is 292 g/mol. The minimum Gasteiger partial charge on any atom is -0.399 e. The standard InChI is InChI=1S/C13H10ClF2NOS/c14-9-2-1-8(11(15)5-9)7-19(18)13-4-3-10(17)6-12(13)16/h1-6H,7,17H2. The Balaban J connectivity index is 2.25. The van der Waals surface area contributed by atoms with Crippen LogP contribution in [0.15, 0.2) is 41.3 Å². The first-order chi connectivity index (χ1) is 8.97. The van der Waals surface area contributed by atoms with E-state index in [1.54, 1.807) is 0 Å². The molecule has 0 aliphatic carbocycles. The molecule has 0 aromatic heterocycles. The molecule has 2 N–H and O–H groups in total. The minimum absolute atomic E-state index is 0.00329. The van der Waals surface area contributed by atoms with E-state index in [-0.39, 0.29) is 26.9 Å². The first-order valence-electron chi connectivity index (χ1n) is 5.34. The van der Waals surface area contributed by atoms with Crippen molar-refractivity contribution >= 4 is 28.1 Å². The maximum atomic E-state index is 13.6. The van der Waals surface area contributed by atoms with E-state index in [1.807, 2.05) is 0 Å². The highest BCUT2D eigenvalue weighted by atomic mass is 35.5. The van der Waals surface area contributed by atoms with Crippen LogP contribution >= 0.6 is 11.6 Å². The van der Waals surface area contributed by atoms with Crippen LogP contribution in [0.4, 0.5) is 14.5 Å². The van der Waals surface area contributed by atoms with Gasteiger partial charge in [0.1, 0.15) is 11.6 Å². The maximum absolute atomic E-state index is 13.6. The highest BCUT2D eigenvalue weighted by molar-refractivity contribution is 7.84. The van der Waals surface area contributed by atoms with Gasteiger partial charge in [0.25, 0.3) is 0 Å². The molecule has 0 fully saturated rings. The molecule has 0 saturated carbocycles. The van der Waals surface area contributed by atoms with Crippen LogP contribution in [-0.4, -0.2) is 4.21 Å². The topological polar surface area (TPSA) is 43.1 Å². The average molecular weight is 302 g/mol. The van der Waals surface area contributed by atoms with Gasteiger partial charge in [0.05, 0.1) is 21.4 Å². The van der Waals surface area contributed by atoms with Crippen LogP contribution < -0.4 is 5.73 Å². The van der Waals surface area contributed by atoms with Crippen LogP contribution in [0.5, 0.6) is 0 Å². The van der Waals surface area contributed by atoms with Gasteiger partial charge in [0, 0.05) is 16.3 Å².